The maximum atomic E-state index is 12.9. The molecule has 0 spiro atoms. The van der Waals surface area contributed by atoms with E-state index in [1.165, 1.54) is 0 Å². The summed E-state index contributed by atoms with van der Waals surface area (Å²) in [6, 6.07) is 3.97. The van der Waals surface area contributed by atoms with Crippen molar-refractivity contribution < 1.29 is 13.2 Å². The van der Waals surface area contributed by atoms with Crippen molar-refractivity contribution in [3.05, 3.63) is 23.9 Å². The highest BCUT2D eigenvalue weighted by atomic mass is 19.4. The third-order valence-corrected chi connectivity index (χ3v) is 3.99. The van der Waals surface area contributed by atoms with Crippen LogP contribution in [0.3, 0.4) is 0 Å². The monoisotopic (exact) mass is 301 g/mol. The molecule has 0 aliphatic carbocycles. The molecule has 1 aliphatic heterocycles. The molecule has 1 saturated heterocycles. The van der Waals surface area contributed by atoms with E-state index in [9.17, 15) is 13.2 Å². The molecule has 0 aromatic carbocycles. The number of rotatable bonds is 4. The fourth-order valence-electron chi connectivity index (χ4n) is 2.75. The number of hydrogen-bond donors (Lipinski definition) is 1. The Balaban J connectivity index is 2.12. The predicted molar refractivity (Wildman–Crippen MR) is 77.3 cm³/mol. The second-order valence-corrected chi connectivity index (χ2v) is 5.55. The molecule has 0 amide bonds. The van der Waals surface area contributed by atoms with E-state index in [4.69, 9.17) is 0 Å². The van der Waals surface area contributed by atoms with Crippen molar-refractivity contribution in [3.8, 4) is 0 Å². The highest BCUT2D eigenvalue weighted by Crippen LogP contribution is 2.34. The number of nitrogens with zero attached hydrogens (tertiary/aromatic N) is 2. The van der Waals surface area contributed by atoms with Gasteiger partial charge in [0.2, 0.25) is 0 Å². The molecule has 0 saturated carbocycles. The molecule has 2 heterocycles. The van der Waals surface area contributed by atoms with Gasteiger partial charge in [0.25, 0.3) is 0 Å². The van der Waals surface area contributed by atoms with Crippen LogP contribution in [0.5, 0.6) is 0 Å². The van der Waals surface area contributed by atoms with Gasteiger partial charge in [-0.1, -0.05) is 6.92 Å². The Morgan fingerprint density at radius 1 is 1.48 bits per heavy atom. The first kappa shape index (κ1) is 16.1. The fraction of sp³-hybridized carbons (Fsp3) is 0.667. The van der Waals surface area contributed by atoms with Crippen LogP contribution < -0.4 is 10.2 Å². The first-order valence-corrected chi connectivity index (χ1v) is 7.42. The summed E-state index contributed by atoms with van der Waals surface area (Å²) in [5.74, 6) is -0.603. The molecule has 1 aromatic rings. The van der Waals surface area contributed by atoms with Crippen LogP contribution in [-0.4, -0.2) is 30.8 Å². The van der Waals surface area contributed by atoms with E-state index in [2.05, 4.69) is 10.3 Å². The van der Waals surface area contributed by atoms with Crippen LogP contribution in [0.15, 0.2) is 18.3 Å². The van der Waals surface area contributed by atoms with Gasteiger partial charge >= 0.3 is 6.18 Å². The van der Waals surface area contributed by atoms with E-state index in [1.54, 1.807) is 11.1 Å². The zero-order valence-electron chi connectivity index (χ0n) is 12.5. The summed E-state index contributed by atoms with van der Waals surface area (Å²) in [6.45, 7) is 5.56. The SMILES string of the molecule is CCNC(C)c1ccnc(N2CCCC(C(F)(F)F)C2)c1. The molecule has 1 aliphatic rings. The predicted octanol–water partition coefficient (Wildman–Crippen LogP) is 3.53. The van der Waals surface area contributed by atoms with E-state index >= 15 is 0 Å². The van der Waals surface area contributed by atoms with Gasteiger partial charge in [-0.25, -0.2) is 4.98 Å². The first-order chi connectivity index (χ1) is 9.91. The number of nitrogens with one attached hydrogen (secondary N) is 1. The molecule has 6 heteroatoms. The van der Waals surface area contributed by atoms with Crippen LogP contribution in [0.4, 0.5) is 19.0 Å². The van der Waals surface area contributed by atoms with Gasteiger partial charge in [0.05, 0.1) is 5.92 Å². The van der Waals surface area contributed by atoms with E-state index in [-0.39, 0.29) is 19.0 Å². The summed E-state index contributed by atoms with van der Waals surface area (Å²) >= 11 is 0. The highest BCUT2D eigenvalue weighted by Gasteiger charge is 2.42. The lowest BCUT2D eigenvalue weighted by atomic mass is 9.97. The molecule has 2 rings (SSSR count). The third kappa shape index (κ3) is 4.09. The van der Waals surface area contributed by atoms with Crippen molar-refractivity contribution in [2.45, 2.75) is 38.9 Å². The summed E-state index contributed by atoms with van der Waals surface area (Å²) < 4.78 is 38.6. The Morgan fingerprint density at radius 3 is 2.90 bits per heavy atom. The van der Waals surface area contributed by atoms with Gasteiger partial charge in [-0.3, -0.25) is 0 Å². The second-order valence-electron chi connectivity index (χ2n) is 5.55. The van der Waals surface area contributed by atoms with Gasteiger partial charge < -0.3 is 10.2 Å². The van der Waals surface area contributed by atoms with Crippen LogP contribution in [0.25, 0.3) is 0 Å². The van der Waals surface area contributed by atoms with Crippen LogP contribution in [0, 0.1) is 5.92 Å². The van der Waals surface area contributed by atoms with Crippen molar-refractivity contribution in [1.29, 1.82) is 0 Å². The molecule has 118 valence electrons. The van der Waals surface area contributed by atoms with Gasteiger partial charge in [-0.15, -0.1) is 0 Å². The topological polar surface area (TPSA) is 28.2 Å². The minimum Gasteiger partial charge on any atom is -0.356 e. The van der Waals surface area contributed by atoms with E-state index in [1.807, 2.05) is 26.0 Å². The van der Waals surface area contributed by atoms with E-state index in [0.717, 1.165) is 12.1 Å². The molecule has 0 bridgehead atoms. The normalized spacial score (nSPS) is 21.4. The summed E-state index contributed by atoms with van der Waals surface area (Å²) in [7, 11) is 0. The molecular weight excluding hydrogens is 279 g/mol. The Labute approximate surface area is 123 Å². The zero-order chi connectivity index (χ0) is 15.5. The average Bonchev–Trinajstić information content (AvgIpc) is 2.47. The first-order valence-electron chi connectivity index (χ1n) is 7.42. The lowest BCUT2D eigenvalue weighted by molar-refractivity contribution is -0.176. The van der Waals surface area contributed by atoms with Gasteiger partial charge in [0.1, 0.15) is 5.82 Å². The molecular formula is C15H22F3N3. The van der Waals surface area contributed by atoms with Crippen LogP contribution >= 0.6 is 0 Å². The lowest BCUT2D eigenvalue weighted by Gasteiger charge is -2.34. The minimum absolute atomic E-state index is 0.00946. The number of alkyl halides is 3. The number of halogens is 3. The summed E-state index contributed by atoms with van der Waals surface area (Å²) in [4.78, 5) is 6.01. The molecule has 1 N–H and O–H groups in total. The van der Waals surface area contributed by atoms with Crippen LogP contribution in [0.2, 0.25) is 0 Å². The molecule has 1 fully saturated rings. The smallest absolute Gasteiger partial charge is 0.356 e. The molecule has 1 aromatic heterocycles. The lowest BCUT2D eigenvalue weighted by Crippen LogP contribution is -2.42. The number of hydrogen-bond acceptors (Lipinski definition) is 3. The zero-order valence-corrected chi connectivity index (χ0v) is 12.5. The second kappa shape index (κ2) is 6.64. The van der Waals surface area contributed by atoms with Crippen molar-refractivity contribution in [2.75, 3.05) is 24.5 Å². The molecule has 2 unspecified atom stereocenters. The number of aromatic nitrogens is 1. The van der Waals surface area contributed by atoms with Gasteiger partial charge in [-0.05, 0) is 44.0 Å². The van der Waals surface area contributed by atoms with Crippen molar-refractivity contribution in [2.24, 2.45) is 5.92 Å². The van der Waals surface area contributed by atoms with E-state index < -0.39 is 12.1 Å². The fourth-order valence-corrected chi connectivity index (χ4v) is 2.75. The third-order valence-electron chi connectivity index (χ3n) is 3.99. The molecule has 0 radical (unpaired) electrons. The van der Waals surface area contributed by atoms with Crippen LogP contribution in [0.1, 0.15) is 38.3 Å². The summed E-state index contributed by atoms with van der Waals surface area (Å²) in [5.41, 5.74) is 1.05. The summed E-state index contributed by atoms with van der Waals surface area (Å²) in [6.07, 6.45) is -1.67. The minimum atomic E-state index is -4.12. The maximum Gasteiger partial charge on any atom is 0.393 e. The quantitative estimate of drug-likeness (QED) is 0.922. The number of piperidine rings is 1. The van der Waals surface area contributed by atoms with Crippen molar-refractivity contribution in [1.82, 2.24) is 10.3 Å². The Morgan fingerprint density at radius 2 is 2.24 bits per heavy atom. The van der Waals surface area contributed by atoms with Crippen LogP contribution in [-0.2, 0) is 0 Å². The Hall–Kier alpha value is -1.30. The molecule has 21 heavy (non-hydrogen) atoms. The highest BCUT2D eigenvalue weighted by molar-refractivity contribution is 5.42. The number of pyridine rings is 1. The largest absolute Gasteiger partial charge is 0.393 e. The van der Waals surface area contributed by atoms with Gasteiger partial charge in [-0.2, -0.15) is 13.2 Å². The average molecular weight is 301 g/mol. The van der Waals surface area contributed by atoms with Crippen molar-refractivity contribution in [3.63, 3.8) is 0 Å². The standard InChI is InChI=1S/C15H22F3N3/c1-3-19-11(2)12-6-7-20-14(9-12)21-8-4-5-13(10-21)15(16,17)18/h6-7,9,11,13,19H,3-5,8,10H2,1-2H3. The Bertz CT molecular complexity index is 462. The van der Waals surface area contributed by atoms with Gasteiger partial charge in [0, 0.05) is 25.3 Å². The Kier molecular flexibility index (Phi) is 5.08. The van der Waals surface area contributed by atoms with Gasteiger partial charge in [0.15, 0.2) is 0 Å². The maximum absolute atomic E-state index is 12.9. The van der Waals surface area contributed by atoms with Crippen molar-refractivity contribution >= 4 is 5.82 Å². The van der Waals surface area contributed by atoms with E-state index in [0.29, 0.717) is 18.8 Å². The number of anilines is 1. The molecule has 2 atom stereocenters. The summed E-state index contributed by atoms with van der Waals surface area (Å²) in [5, 5.41) is 3.30. The molecule has 3 nitrogen and oxygen atoms in total.